The summed E-state index contributed by atoms with van der Waals surface area (Å²) in [6.07, 6.45) is 4.19. The molecule has 2 heterocycles. The van der Waals surface area contributed by atoms with Gasteiger partial charge in [0.05, 0.1) is 11.4 Å². The van der Waals surface area contributed by atoms with Crippen LogP contribution in [0.5, 0.6) is 0 Å². The third kappa shape index (κ3) is 5.85. The van der Waals surface area contributed by atoms with Gasteiger partial charge < -0.3 is 14.6 Å². The standard InChI is InChI=1S/C20H22FN5O2S/c1-2-28-13-5-12-26-19(15-8-10-22-11-9-15)24-25-20(26)29-14-18(27)23-17-7-4-3-6-16(17)21/h3-4,6-11H,2,5,12-14H2,1H3,(H,23,27). The van der Waals surface area contributed by atoms with Crippen molar-refractivity contribution in [2.45, 2.75) is 25.0 Å². The molecule has 0 aliphatic carbocycles. The third-order valence-corrected chi connectivity index (χ3v) is 4.98. The Bertz CT molecular complexity index is 936. The van der Waals surface area contributed by atoms with Crippen LogP contribution in [0.2, 0.25) is 0 Å². The number of ether oxygens (including phenoxy) is 1. The Labute approximate surface area is 172 Å². The number of halogens is 1. The Morgan fingerprint density at radius 3 is 2.76 bits per heavy atom. The Morgan fingerprint density at radius 1 is 1.21 bits per heavy atom. The van der Waals surface area contributed by atoms with Gasteiger partial charge >= 0.3 is 0 Å². The van der Waals surface area contributed by atoms with Gasteiger partial charge in [-0.15, -0.1) is 10.2 Å². The second kappa shape index (κ2) is 10.7. The van der Waals surface area contributed by atoms with Gasteiger partial charge in [-0.25, -0.2) is 4.39 Å². The van der Waals surface area contributed by atoms with E-state index in [1.807, 2.05) is 23.6 Å². The summed E-state index contributed by atoms with van der Waals surface area (Å²) in [5.74, 6) is 0.0223. The molecule has 0 spiro atoms. The van der Waals surface area contributed by atoms with Crippen LogP contribution in [0.25, 0.3) is 11.4 Å². The van der Waals surface area contributed by atoms with Crippen molar-refractivity contribution in [1.82, 2.24) is 19.7 Å². The number of nitrogens with zero attached hydrogens (tertiary/aromatic N) is 4. The molecule has 0 radical (unpaired) electrons. The molecule has 7 nitrogen and oxygen atoms in total. The summed E-state index contributed by atoms with van der Waals surface area (Å²) < 4.78 is 21.1. The average molecular weight is 415 g/mol. The van der Waals surface area contributed by atoms with E-state index in [0.29, 0.717) is 30.7 Å². The van der Waals surface area contributed by atoms with E-state index in [0.717, 1.165) is 12.0 Å². The second-order valence-electron chi connectivity index (χ2n) is 6.06. The Kier molecular flexibility index (Phi) is 7.71. The third-order valence-electron chi connectivity index (χ3n) is 4.01. The van der Waals surface area contributed by atoms with E-state index >= 15 is 0 Å². The maximum absolute atomic E-state index is 13.7. The molecule has 9 heteroatoms. The summed E-state index contributed by atoms with van der Waals surface area (Å²) in [6.45, 7) is 3.90. The first-order chi connectivity index (χ1) is 14.2. The molecule has 3 aromatic rings. The van der Waals surface area contributed by atoms with Crippen molar-refractivity contribution in [1.29, 1.82) is 0 Å². The molecule has 3 rings (SSSR count). The normalized spacial score (nSPS) is 10.8. The van der Waals surface area contributed by atoms with Gasteiger partial charge in [-0.1, -0.05) is 23.9 Å². The number of carbonyl (C=O) groups excluding carboxylic acids is 1. The van der Waals surface area contributed by atoms with Crippen molar-refractivity contribution >= 4 is 23.4 Å². The maximum atomic E-state index is 13.7. The molecule has 29 heavy (non-hydrogen) atoms. The lowest BCUT2D eigenvalue weighted by Crippen LogP contribution is -2.15. The molecule has 0 saturated carbocycles. The van der Waals surface area contributed by atoms with Crippen molar-refractivity contribution in [2.24, 2.45) is 0 Å². The van der Waals surface area contributed by atoms with Crippen LogP contribution in [0.15, 0.2) is 53.9 Å². The first-order valence-corrected chi connectivity index (χ1v) is 10.3. The van der Waals surface area contributed by atoms with E-state index in [1.165, 1.54) is 23.9 Å². The van der Waals surface area contributed by atoms with Crippen LogP contribution in [0, 0.1) is 5.82 Å². The number of anilines is 1. The molecule has 0 atom stereocenters. The summed E-state index contributed by atoms with van der Waals surface area (Å²) >= 11 is 1.26. The fourth-order valence-electron chi connectivity index (χ4n) is 2.66. The molecular weight excluding hydrogens is 393 g/mol. The molecule has 0 fully saturated rings. The lowest BCUT2D eigenvalue weighted by atomic mass is 10.2. The molecule has 0 aliphatic rings. The highest BCUT2D eigenvalue weighted by atomic mass is 32.2. The molecule has 0 bridgehead atoms. The topological polar surface area (TPSA) is 81.9 Å². The smallest absolute Gasteiger partial charge is 0.234 e. The van der Waals surface area contributed by atoms with E-state index in [4.69, 9.17) is 4.74 Å². The van der Waals surface area contributed by atoms with Crippen LogP contribution in [0.1, 0.15) is 13.3 Å². The summed E-state index contributed by atoms with van der Waals surface area (Å²) in [6, 6.07) is 9.80. The average Bonchev–Trinajstić information content (AvgIpc) is 3.15. The van der Waals surface area contributed by atoms with E-state index in [9.17, 15) is 9.18 Å². The quantitative estimate of drug-likeness (QED) is 0.402. The highest BCUT2D eigenvalue weighted by Crippen LogP contribution is 2.24. The van der Waals surface area contributed by atoms with Gasteiger partial charge in [0.1, 0.15) is 5.82 Å². The second-order valence-corrected chi connectivity index (χ2v) is 7.00. The zero-order chi connectivity index (χ0) is 20.5. The van der Waals surface area contributed by atoms with Gasteiger partial charge in [-0.05, 0) is 37.6 Å². The van der Waals surface area contributed by atoms with Gasteiger partial charge in [0, 0.05) is 37.7 Å². The Balaban J connectivity index is 1.69. The Morgan fingerprint density at radius 2 is 2.00 bits per heavy atom. The van der Waals surface area contributed by atoms with Crippen molar-refractivity contribution in [3.63, 3.8) is 0 Å². The molecule has 0 unspecified atom stereocenters. The highest BCUT2D eigenvalue weighted by molar-refractivity contribution is 7.99. The minimum atomic E-state index is -0.468. The predicted octanol–water partition coefficient (Wildman–Crippen LogP) is 3.64. The van der Waals surface area contributed by atoms with Gasteiger partial charge in [0.15, 0.2) is 11.0 Å². The van der Waals surface area contributed by atoms with Crippen molar-refractivity contribution < 1.29 is 13.9 Å². The number of amides is 1. The fourth-order valence-corrected chi connectivity index (χ4v) is 3.42. The molecule has 0 aliphatic heterocycles. The largest absolute Gasteiger partial charge is 0.382 e. The lowest BCUT2D eigenvalue weighted by molar-refractivity contribution is -0.113. The highest BCUT2D eigenvalue weighted by Gasteiger charge is 2.16. The first kappa shape index (κ1) is 20.9. The van der Waals surface area contributed by atoms with Crippen LogP contribution in [-0.4, -0.2) is 44.6 Å². The van der Waals surface area contributed by atoms with E-state index in [2.05, 4.69) is 20.5 Å². The van der Waals surface area contributed by atoms with Gasteiger partial charge in [-0.2, -0.15) is 0 Å². The number of hydrogen-bond donors (Lipinski definition) is 1. The number of nitrogens with one attached hydrogen (secondary N) is 1. The van der Waals surface area contributed by atoms with Gasteiger partial charge in [0.2, 0.25) is 5.91 Å². The number of carbonyl (C=O) groups is 1. The molecule has 0 saturated heterocycles. The lowest BCUT2D eigenvalue weighted by Gasteiger charge is -2.10. The molecule has 2 aromatic heterocycles. The number of rotatable bonds is 10. The van der Waals surface area contributed by atoms with Crippen LogP contribution in [0.3, 0.4) is 0 Å². The number of pyridine rings is 1. The number of aromatic nitrogens is 4. The SMILES string of the molecule is CCOCCCn1c(SCC(=O)Nc2ccccc2F)nnc1-c1ccncc1. The van der Waals surface area contributed by atoms with Crippen molar-refractivity contribution in [2.75, 3.05) is 24.3 Å². The van der Waals surface area contributed by atoms with Crippen LogP contribution >= 0.6 is 11.8 Å². The van der Waals surface area contributed by atoms with Crippen LogP contribution in [-0.2, 0) is 16.1 Å². The van der Waals surface area contributed by atoms with Crippen LogP contribution in [0.4, 0.5) is 10.1 Å². The van der Waals surface area contributed by atoms with Crippen molar-refractivity contribution in [3.8, 4) is 11.4 Å². The molecule has 152 valence electrons. The van der Waals surface area contributed by atoms with E-state index in [-0.39, 0.29) is 17.3 Å². The number of hydrogen-bond acceptors (Lipinski definition) is 6. The zero-order valence-corrected chi connectivity index (χ0v) is 16.9. The number of para-hydroxylation sites is 1. The van der Waals surface area contributed by atoms with Gasteiger partial charge in [0.25, 0.3) is 0 Å². The number of benzene rings is 1. The monoisotopic (exact) mass is 415 g/mol. The Hall–Kier alpha value is -2.78. The maximum Gasteiger partial charge on any atom is 0.234 e. The minimum Gasteiger partial charge on any atom is -0.382 e. The first-order valence-electron chi connectivity index (χ1n) is 9.27. The van der Waals surface area contributed by atoms with Crippen LogP contribution < -0.4 is 5.32 Å². The molecule has 1 N–H and O–H groups in total. The van der Waals surface area contributed by atoms with Gasteiger partial charge in [-0.3, -0.25) is 9.78 Å². The number of thioether (sulfide) groups is 1. The molecule has 1 amide bonds. The van der Waals surface area contributed by atoms with E-state index in [1.54, 1.807) is 24.5 Å². The fraction of sp³-hybridized carbons (Fsp3) is 0.300. The van der Waals surface area contributed by atoms with Crippen molar-refractivity contribution in [3.05, 3.63) is 54.6 Å². The molecule has 1 aromatic carbocycles. The zero-order valence-electron chi connectivity index (χ0n) is 16.0. The molecular formula is C20H22FN5O2S. The summed E-state index contributed by atoms with van der Waals surface area (Å²) in [7, 11) is 0. The summed E-state index contributed by atoms with van der Waals surface area (Å²) in [4.78, 5) is 16.3. The minimum absolute atomic E-state index is 0.0915. The predicted molar refractivity (Wildman–Crippen MR) is 110 cm³/mol. The summed E-state index contributed by atoms with van der Waals surface area (Å²) in [5, 5.41) is 11.7. The summed E-state index contributed by atoms with van der Waals surface area (Å²) in [5.41, 5.74) is 1.06. The van der Waals surface area contributed by atoms with E-state index < -0.39 is 5.82 Å².